The normalized spacial score (nSPS) is 21.5. The molecule has 1 atom stereocenters. The second-order valence-electron chi connectivity index (χ2n) is 7.36. The van der Waals surface area contributed by atoms with Crippen LogP contribution in [0.5, 0.6) is 0 Å². The Bertz CT molecular complexity index is 884. The molecule has 0 bridgehead atoms. The minimum absolute atomic E-state index is 0.223. The second-order valence-corrected chi connectivity index (χ2v) is 7.77. The average Bonchev–Trinajstić information content (AvgIpc) is 3.14. The van der Waals surface area contributed by atoms with Gasteiger partial charge >= 0.3 is 0 Å². The van der Waals surface area contributed by atoms with Crippen LogP contribution in [-0.4, -0.2) is 53.4 Å². The van der Waals surface area contributed by atoms with E-state index in [1.165, 1.54) is 0 Å². The van der Waals surface area contributed by atoms with Gasteiger partial charge in [0.2, 0.25) is 0 Å². The summed E-state index contributed by atoms with van der Waals surface area (Å²) in [5.74, 6) is 6.95. The lowest BCUT2D eigenvalue weighted by molar-refractivity contribution is 0.231. The first-order valence-corrected chi connectivity index (χ1v) is 9.96. The molecule has 0 aliphatic carbocycles. The molecule has 4 rings (SSSR count). The summed E-state index contributed by atoms with van der Waals surface area (Å²) in [7, 11) is 0. The van der Waals surface area contributed by atoms with Crippen molar-refractivity contribution in [1.29, 1.82) is 0 Å². The molecule has 7 nitrogen and oxygen atoms in total. The van der Waals surface area contributed by atoms with E-state index in [9.17, 15) is 4.39 Å². The number of rotatable bonds is 4. The first-order chi connectivity index (χ1) is 13.5. The maximum absolute atomic E-state index is 13.6. The molecule has 2 aliphatic heterocycles. The van der Waals surface area contributed by atoms with Crippen LogP contribution < -0.4 is 21.8 Å². The monoisotopic (exact) mass is 405 g/mol. The van der Waals surface area contributed by atoms with E-state index < -0.39 is 6.17 Å². The Morgan fingerprint density at radius 3 is 2.82 bits per heavy atom. The third-order valence-electron chi connectivity index (χ3n) is 5.41. The lowest BCUT2D eigenvalue weighted by Gasteiger charge is -2.30. The lowest BCUT2D eigenvalue weighted by atomic mass is 10.1. The molecular weight excluding hydrogens is 381 g/mol. The zero-order valence-corrected chi connectivity index (χ0v) is 16.4. The number of hydrogen-bond donors (Lipinski definition) is 3. The summed E-state index contributed by atoms with van der Waals surface area (Å²) >= 11 is 6.44. The van der Waals surface area contributed by atoms with Crippen molar-refractivity contribution >= 4 is 34.1 Å². The number of pyridine rings is 2. The summed E-state index contributed by atoms with van der Waals surface area (Å²) in [4.78, 5) is 11.0. The fourth-order valence-electron chi connectivity index (χ4n) is 3.85. The van der Waals surface area contributed by atoms with Gasteiger partial charge < -0.3 is 21.0 Å². The quantitative estimate of drug-likeness (QED) is 0.529. The largest absolute Gasteiger partial charge is 0.397 e. The third-order valence-corrected chi connectivity index (χ3v) is 5.70. The maximum atomic E-state index is 13.6. The molecule has 0 spiro atoms. The highest BCUT2D eigenvalue weighted by molar-refractivity contribution is 6.33. The van der Waals surface area contributed by atoms with Crippen LogP contribution in [0.2, 0.25) is 5.02 Å². The fraction of sp³-hybridized carbons (Fsp3) is 0.474. The molecule has 28 heavy (non-hydrogen) atoms. The Labute approximate surface area is 168 Å². The van der Waals surface area contributed by atoms with Gasteiger partial charge in [0.25, 0.3) is 0 Å². The molecule has 1 unspecified atom stereocenters. The highest BCUT2D eigenvalue weighted by Crippen LogP contribution is 2.30. The number of piperidine rings is 1. The Morgan fingerprint density at radius 1 is 1.32 bits per heavy atom. The highest BCUT2D eigenvalue weighted by atomic mass is 35.5. The van der Waals surface area contributed by atoms with Crippen molar-refractivity contribution in [3.63, 3.8) is 0 Å². The van der Waals surface area contributed by atoms with E-state index >= 15 is 0 Å². The average molecular weight is 406 g/mol. The predicted molar refractivity (Wildman–Crippen MR) is 110 cm³/mol. The van der Waals surface area contributed by atoms with Crippen molar-refractivity contribution in [1.82, 2.24) is 20.3 Å². The van der Waals surface area contributed by atoms with E-state index in [4.69, 9.17) is 28.2 Å². The first-order valence-electron chi connectivity index (χ1n) is 9.58. The Kier molecular flexibility index (Phi) is 5.52. The van der Waals surface area contributed by atoms with E-state index in [0.717, 1.165) is 25.9 Å². The van der Waals surface area contributed by atoms with Crippen molar-refractivity contribution < 1.29 is 4.39 Å². The maximum Gasteiger partial charge on any atom is 0.129 e. The molecule has 0 radical (unpaired) electrons. The molecule has 5 N–H and O–H groups in total. The van der Waals surface area contributed by atoms with E-state index in [2.05, 4.69) is 10.3 Å². The van der Waals surface area contributed by atoms with Crippen LogP contribution in [0.15, 0.2) is 24.5 Å². The molecule has 150 valence electrons. The predicted octanol–water partition coefficient (Wildman–Crippen LogP) is 2.02. The van der Waals surface area contributed by atoms with Crippen molar-refractivity contribution in [3.05, 3.63) is 35.1 Å². The van der Waals surface area contributed by atoms with Gasteiger partial charge in [-0.05, 0) is 44.5 Å². The van der Waals surface area contributed by atoms with Crippen molar-refractivity contribution in [3.8, 4) is 0 Å². The standard InChI is InChI=1S/C19H25ClFN7/c20-14-9-25-16-1-2-17(27-8-5-12(21)10-27)26-19(16)18(14)15(22)11-28(23)13-3-6-24-7-4-13/h1-2,9,11-13,24H,3-8,10,22-23H2/b15-11-. The number of nitrogens with one attached hydrogen (secondary N) is 1. The van der Waals surface area contributed by atoms with Crippen LogP contribution in [-0.2, 0) is 0 Å². The molecule has 2 saturated heterocycles. The minimum Gasteiger partial charge on any atom is -0.397 e. The van der Waals surface area contributed by atoms with Crippen LogP contribution in [0, 0.1) is 0 Å². The van der Waals surface area contributed by atoms with Gasteiger partial charge in [-0.25, -0.2) is 15.2 Å². The Hall–Kier alpha value is -2.16. The number of fused-ring (bicyclic) bond motifs is 1. The fourth-order valence-corrected chi connectivity index (χ4v) is 4.09. The summed E-state index contributed by atoms with van der Waals surface area (Å²) in [5.41, 5.74) is 8.71. The summed E-state index contributed by atoms with van der Waals surface area (Å²) in [6.07, 6.45) is 4.88. The molecule has 0 amide bonds. The second kappa shape index (κ2) is 8.06. The SMILES string of the molecule is N/C(=C\N(N)C1CCNCC1)c1c(Cl)cnc2ccc(N3CCC(F)C3)nc12. The van der Waals surface area contributed by atoms with Crippen molar-refractivity contribution in [2.45, 2.75) is 31.5 Å². The molecule has 0 aromatic carbocycles. The van der Waals surface area contributed by atoms with E-state index in [1.54, 1.807) is 17.4 Å². The van der Waals surface area contributed by atoms with Gasteiger partial charge in [-0.3, -0.25) is 4.98 Å². The van der Waals surface area contributed by atoms with Crippen LogP contribution in [0.25, 0.3) is 16.7 Å². The number of nitrogens with zero attached hydrogens (tertiary/aromatic N) is 4. The lowest BCUT2D eigenvalue weighted by Crippen LogP contribution is -2.44. The van der Waals surface area contributed by atoms with Gasteiger partial charge in [0, 0.05) is 30.5 Å². The smallest absolute Gasteiger partial charge is 0.129 e. The zero-order chi connectivity index (χ0) is 19.7. The molecular formula is C19H25ClFN7. The highest BCUT2D eigenvalue weighted by Gasteiger charge is 2.24. The molecule has 2 aliphatic rings. The van der Waals surface area contributed by atoms with Gasteiger partial charge in [0.15, 0.2) is 0 Å². The van der Waals surface area contributed by atoms with E-state index in [-0.39, 0.29) is 6.04 Å². The molecule has 4 heterocycles. The topological polar surface area (TPSA) is 96.3 Å². The summed E-state index contributed by atoms with van der Waals surface area (Å²) in [6, 6.07) is 3.94. The molecule has 0 saturated carbocycles. The van der Waals surface area contributed by atoms with E-state index in [1.807, 2.05) is 17.0 Å². The van der Waals surface area contributed by atoms with Crippen LogP contribution in [0.4, 0.5) is 10.2 Å². The summed E-state index contributed by atoms with van der Waals surface area (Å²) in [6.45, 7) is 2.85. The van der Waals surface area contributed by atoms with E-state index in [0.29, 0.717) is 52.6 Å². The molecule has 9 heteroatoms. The van der Waals surface area contributed by atoms with Crippen molar-refractivity contribution in [2.75, 3.05) is 31.1 Å². The number of anilines is 1. The minimum atomic E-state index is -0.824. The number of aromatic nitrogens is 2. The summed E-state index contributed by atoms with van der Waals surface area (Å²) < 4.78 is 13.6. The van der Waals surface area contributed by atoms with Crippen LogP contribution >= 0.6 is 11.6 Å². The number of halogens is 2. The first kappa shape index (κ1) is 19.2. The van der Waals surface area contributed by atoms with Gasteiger partial charge in [-0.1, -0.05) is 11.6 Å². The zero-order valence-electron chi connectivity index (χ0n) is 15.6. The third kappa shape index (κ3) is 3.85. The van der Waals surface area contributed by atoms with Gasteiger partial charge in [-0.15, -0.1) is 0 Å². The number of hydrazine groups is 1. The molecule has 2 aromatic rings. The van der Waals surface area contributed by atoms with Crippen LogP contribution in [0.3, 0.4) is 0 Å². The Morgan fingerprint density at radius 2 is 2.11 bits per heavy atom. The van der Waals surface area contributed by atoms with Crippen molar-refractivity contribution in [2.24, 2.45) is 11.6 Å². The molecule has 2 fully saturated rings. The van der Waals surface area contributed by atoms with Gasteiger partial charge in [-0.2, -0.15) is 0 Å². The summed E-state index contributed by atoms with van der Waals surface area (Å²) in [5, 5.41) is 5.39. The number of alkyl halides is 1. The number of nitrogens with two attached hydrogens (primary N) is 2. The number of hydrogen-bond acceptors (Lipinski definition) is 7. The van der Waals surface area contributed by atoms with Gasteiger partial charge in [0.05, 0.1) is 22.8 Å². The van der Waals surface area contributed by atoms with Gasteiger partial charge in [0.1, 0.15) is 17.5 Å². The molecule has 2 aromatic heterocycles. The van der Waals surface area contributed by atoms with Crippen LogP contribution in [0.1, 0.15) is 24.8 Å². The Balaban J connectivity index is 1.70.